The van der Waals surface area contributed by atoms with Gasteiger partial charge in [-0.3, -0.25) is 0 Å². The van der Waals surface area contributed by atoms with Crippen LogP contribution in [0.1, 0.15) is 23.0 Å². The third-order valence-electron chi connectivity index (χ3n) is 4.30. The molecule has 0 bridgehead atoms. The van der Waals surface area contributed by atoms with Crippen molar-refractivity contribution in [2.45, 2.75) is 12.5 Å². The molecule has 2 aromatic heterocycles. The maximum absolute atomic E-state index is 5.92. The van der Waals surface area contributed by atoms with Crippen molar-refractivity contribution in [2.75, 3.05) is 24.5 Å². The van der Waals surface area contributed by atoms with E-state index in [1.54, 1.807) is 0 Å². The summed E-state index contributed by atoms with van der Waals surface area (Å²) in [6.45, 7) is 2.31. The van der Waals surface area contributed by atoms with Crippen LogP contribution in [0, 0.1) is 0 Å². The lowest BCUT2D eigenvalue weighted by Crippen LogP contribution is -2.47. The maximum Gasteiger partial charge on any atom is 0.230 e. The predicted molar refractivity (Wildman–Crippen MR) is 99.1 cm³/mol. The molecule has 1 aromatic carbocycles. The van der Waals surface area contributed by atoms with E-state index < -0.39 is 0 Å². The zero-order valence-electron chi connectivity index (χ0n) is 14.1. The summed E-state index contributed by atoms with van der Waals surface area (Å²) >= 11 is 5.92. The molecule has 1 unspecified atom stereocenters. The van der Waals surface area contributed by atoms with Crippen LogP contribution in [0.25, 0.3) is 0 Å². The molecule has 3 heterocycles. The number of piperazine rings is 1. The average Bonchev–Trinajstić information content (AvgIpc) is 2.69. The fourth-order valence-electron chi connectivity index (χ4n) is 3.04. The molecular formula is C18H18ClN7. The van der Waals surface area contributed by atoms with Gasteiger partial charge in [-0.1, -0.05) is 30.3 Å². The second-order valence-electron chi connectivity index (χ2n) is 6.08. The van der Waals surface area contributed by atoms with Crippen LogP contribution in [0.5, 0.6) is 0 Å². The first-order valence-electron chi connectivity index (χ1n) is 8.46. The van der Waals surface area contributed by atoms with Gasteiger partial charge in [0.15, 0.2) is 5.82 Å². The fraction of sp³-hybridized carbons (Fsp3) is 0.278. The zero-order valence-corrected chi connectivity index (χ0v) is 14.8. The topological polar surface area (TPSA) is 79.7 Å². The summed E-state index contributed by atoms with van der Waals surface area (Å²) in [5.41, 5.74) is 2.32. The van der Waals surface area contributed by atoms with Crippen molar-refractivity contribution in [3.63, 3.8) is 0 Å². The summed E-state index contributed by atoms with van der Waals surface area (Å²) in [5, 5.41) is 3.56. The van der Waals surface area contributed by atoms with Crippen LogP contribution in [0.3, 0.4) is 0 Å². The van der Waals surface area contributed by atoms with E-state index in [0.29, 0.717) is 5.95 Å². The first-order chi connectivity index (χ1) is 12.8. The van der Waals surface area contributed by atoms with E-state index in [1.165, 1.54) is 11.9 Å². The normalized spacial score (nSPS) is 17.3. The summed E-state index contributed by atoms with van der Waals surface area (Å²) in [6.07, 6.45) is 6.02. The van der Waals surface area contributed by atoms with E-state index in [2.05, 4.69) is 47.3 Å². The highest BCUT2D eigenvalue weighted by molar-refractivity contribution is 6.28. The molecule has 0 aliphatic carbocycles. The second kappa shape index (κ2) is 7.72. The number of anilines is 1. The number of hydrogen-bond donors (Lipinski definition) is 1. The van der Waals surface area contributed by atoms with Crippen molar-refractivity contribution in [2.24, 2.45) is 0 Å². The lowest BCUT2D eigenvalue weighted by atomic mass is 10.1. The molecule has 132 valence electrons. The van der Waals surface area contributed by atoms with Crippen LogP contribution < -0.4 is 10.2 Å². The van der Waals surface area contributed by atoms with Gasteiger partial charge < -0.3 is 10.2 Å². The van der Waals surface area contributed by atoms with Crippen molar-refractivity contribution in [3.8, 4) is 0 Å². The van der Waals surface area contributed by atoms with E-state index in [1.807, 2.05) is 30.6 Å². The monoisotopic (exact) mass is 367 g/mol. The number of hydrogen-bond acceptors (Lipinski definition) is 7. The number of benzene rings is 1. The molecule has 0 radical (unpaired) electrons. The number of nitrogens with zero attached hydrogens (tertiary/aromatic N) is 6. The van der Waals surface area contributed by atoms with Crippen LogP contribution >= 0.6 is 11.6 Å². The summed E-state index contributed by atoms with van der Waals surface area (Å²) in [7, 11) is 0. The largest absolute Gasteiger partial charge is 0.328 e. The maximum atomic E-state index is 5.92. The van der Waals surface area contributed by atoms with Crippen LogP contribution in [0.15, 0.2) is 49.1 Å². The molecule has 4 rings (SSSR count). The SMILES string of the molecule is Clc1ncnc(N2CCNCC2c2ncc(Cc3ccccc3)cn2)n1. The Morgan fingerprint density at radius 1 is 1.04 bits per heavy atom. The van der Waals surface area contributed by atoms with Crippen LogP contribution in [-0.4, -0.2) is 44.6 Å². The summed E-state index contributed by atoms with van der Waals surface area (Å²) < 4.78 is 0. The molecule has 3 aromatic rings. The minimum atomic E-state index is -0.0482. The Labute approximate surface area is 156 Å². The Morgan fingerprint density at radius 3 is 2.62 bits per heavy atom. The Hall–Kier alpha value is -2.64. The number of aromatic nitrogens is 5. The second-order valence-corrected chi connectivity index (χ2v) is 6.42. The summed E-state index contributed by atoms with van der Waals surface area (Å²) in [4.78, 5) is 23.6. The number of halogens is 1. The molecule has 1 N–H and O–H groups in total. The number of nitrogens with one attached hydrogen (secondary N) is 1. The highest BCUT2D eigenvalue weighted by Crippen LogP contribution is 2.24. The van der Waals surface area contributed by atoms with Crippen LogP contribution in [0.2, 0.25) is 5.28 Å². The molecule has 0 saturated carbocycles. The molecule has 1 fully saturated rings. The van der Waals surface area contributed by atoms with Gasteiger partial charge in [0.25, 0.3) is 0 Å². The lowest BCUT2D eigenvalue weighted by Gasteiger charge is -2.35. The smallest absolute Gasteiger partial charge is 0.230 e. The van der Waals surface area contributed by atoms with Gasteiger partial charge in [-0.15, -0.1) is 0 Å². The Morgan fingerprint density at radius 2 is 1.85 bits per heavy atom. The first kappa shape index (κ1) is 16.8. The van der Waals surface area contributed by atoms with Crippen molar-refractivity contribution in [1.82, 2.24) is 30.2 Å². The Bertz CT molecular complexity index is 857. The van der Waals surface area contributed by atoms with Crippen LogP contribution in [0.4, 0.5) is 5.95 Å². The minimum Gasteiger partial charge on any atom is -0.328 e. The van der Waals surface area contributed by atoms with E-state index in [9.17, 15) is 0 Å². The van der Waals surface area contributed by atoms with Gasteiger partial charge in [0.05, 0.1) is 0 Å². The highest BCUT2D eigenvalue weighted by atomic mass is 35.5. The average molecular weight is 368 g/mol. The third-order valence-corrected chi connectivity index (χ3v) is 4.49. The molecule has 1 aliphatic rings. The van der Waals surface area contributed by atoms with Crippen molar-refractivity contribution in [3.05, 3.63) is 71.3 Å². The number of rotatable bonds is 4. The third kappa shape index (κ3) is 3.79. The Kier molecular flexibility index (Phi) is 4.99. The predicted octanol–water partition coefficient (Wildman–Crippen LogP) is 2.06. The molecule has 0 amide bonds. The van der Waals surface area contributed by atoms with E-state index in [4.69, 9.17) is 11.6 Å². The van der Waals surface area contributed by atoms with Crippen molar-refractivity contribution >= 4 is 17.5 Å². The van der Waals surface area contributed by atoms with E-state index in [0.717, 1.165) is 37.4 Å². The molecule has 8 heteroatoms. The molecular weight excluding hydrogens is 350 g/mol. The standard InChI is InChI=1S/C18H18ClN7/c19-17-23-12-24-18(25-17)26-7-6-20-11-15(26)16-21-9-14(10-22-16)8-13-4-2-1-3-5-13/h1-5,9-10,12,15,20H,6-8,11H2. The molecule has 1 atom stereocenters. The van der Waals surface area contributed by atoms with Gasteiger partial charge in [-0.2, -0.15) is 4.98 Å². The Balaban J connectivity index is 1.55. The van der Waals surface area contributed by atoms with Gasteiger partial charge in [-0.25, -0.2) is 19.9 Å². The molecule has 1 saturated heterocycles. The van der Waals surface area contributed by atoms with Gasteiger partial charge in [0, 0.05) is 38.4 Å². The van der Waals surface area contributed by atoms with Gasteiger partial charge in [-0.05, 0) is 22.7 Å². The molecule has 0 spiro atoms. The minimum absolute atomic E-state index is 0.0482. The highest BCUT2D eigenvalue weighted by Gasteiger charge is 2.28. The molecule has 26 heavy (non-hydrogen) atoms. The van der Waals surface area contributed by atoms with Crippen LogP contribution in [-0.2, 0) is 6.42 Å². The van der Waals surface area contributed by atoms with E-state index in [-0.39, 0.29) is 11.3 Å². The summed E-state index contributed by atoms with van der Waals surface area (Å²) in [5.74, 6) is 1.29. The fourth-order valence-corrected chi connectivity index (χ4v) is 3.16. The van der Waals surface area contributed by atoms with Crippen molar-refractivity contribution < 1.29 is 0 Å². The van der Waals surface area contributed by atoms with Gasteiger partial charge in [0.1, 0.15) is 12.4 Å². The lowest BCUT2D eigenvalue weighted by molar-refractivity contribution is 0.464. The summed E-state index contributed by atoms with van der Waals surface area (Å²) in [6, 6.07) is 10.2. The van der Waals surface area contributed by atoms with Crippen molar-refractivity contribution in [1.29, 1.82) is 0 Å². The van der Waals surface area contributed by atoms with Gasteiger partial charge in [0.2, 0.25) is 11.2 Å². The molecule has 7 nitrogen and oxygen atoms in total. The van der Waals surface area contributed by atoms with E-state index >= 15 is 0 Å². The zero-order chi connectivity index (χ0) is 17.8. The quantitative estimate of drug-likeness (QED) is 0.755. The first-order valence-corrected chi connectivity index (χ1v) is 8.84. The molecule has 1 aliphatic heterocycles. The van der Waals surface area contributed by atoms with Gasteiger partial charge >= 0.3 is 0 Å².